The van der Waals surface area contributed by atoms with Gasteiger partial charge in [0.25, 0.3) is 0 Å². The van der Waals surface area contributed by atoms with E-state index in [0.29, 0.717) is 16.3 Å². The van der Waals surface area contributed by atoms with Crippen LogP contribution in [0.2, 0.25) is 5.02 Å². The van der Waals surface area contributed by atoms with Crippen molar-refractivity contribution in [3.05, 3.63) is 28.8 Å². The molecule has 0 saturated heterocycles. The van der Waals surface area contributed by atoms with Crippen LogP contribution in [0.5, 0.6) is 0 Å². The number of esters is 1. The standard InChI is InChI=1S/C12H17ClN2O4S/c1-8(12(16)19-3)20(17,18)15(2)7-9-6-10(14)4-5-11(9)13/h4-6,8H,7,14H2,1-3H3. The van der Waals surface area contributed by atoms with Crippen LogP contribution in [0.25, 0.3) is 0 Å². The van der Waals surface area contributed by atoms with Gasteiger partial charge in [-0.1, -0.05) is 11.6 Å². The largest absolute Gasteiger partial charge is 0.468 e. The highest BCUT2D eigenvalue weighted by atomic mass is 35.5. The van der Waals surface area contributed by atoms with Crippen LogP contribution in [0.4, 0.5) is 5.69 Å². The molecule has 20 heavy (non-hydrogen) atoms. The first-order valence-corrected chi connectivity index (χ1v) is 7.65. The van der Waals surface area contributed by atoms with Crippen LogP contribution < -0.4 is 5.73 Å². The van der Waals surface area contributed by atoms with Crippen molar-refractivity contribution < 1.29 is 17.9 Å². The van der Waals surface area contributed by atoms with Gasteiger partial charge in [-0.25, -0.2) is 8.42 Å². The molecule has 8 heteroatoms. The van der Waals surface area contributed by atoms with Crippen LogP contribution in [0, 0.1) is 0 Å². The molecule has 112 valence electrons. The molecule has 0 saturated carbocycles. The molecule has 0 spiro atoms. The zero-order chi connectivity index (χ0) is 15.5. The average molecular weight is 321 g/mol. The molecule has 1 aromatic rings. The first-order valence-electron chi connectivity index (χ1n) is 5.77. The molecule has 1 aromatic carbocycles. The van der Waals surface area contributed by atoms with Crippen LogP contribution in [0.15, 0.2) is 18.2 Å². The van der Waals surface area contributed by atoms with Gasteiger partial charge < -0.3 is 10.5 Å². The van der Waals surface area contributed by atoms with E-state index in [9.17, 15) is 13.2 Å². The molecule has 0 aliphatic carbocycles. The number of carbonyl (C=O) groups is 1. The van der Waals surface area contributed by atoms with Gasteiger partial charge in [-0.15, -0.1) is 0 Å². The maximum Gasteiger partial charge on any atom is 0.325 e. The number of methoxy groups -OCH3 is 1. The van der Waals surface area contributed by atoms with E-state index >= 15 is 0 Å². The number of rotatable bonds is 5. The number of nitrogen functional groups attached to an aromatic ring is 1. The number of hydrogen-bond donors (Lipinski definition) is 1. The minimum Gasteiger partial charge on any atom is -0.468 e. The monoisotopic (exact) mass is 320 g/mol. The number of nitrogens with zero attached hydrogens (tertiary/aromatic N) is 1. The Morgan fingerprint density at radius 2 is 2.10 bits per heavy atom. The summed E-state index contributed by atoms with van der Waals surface area (Å²) in [4.78, 5) is 11.4. The second-order valence-electron chi connectivity index (χ2n) is 4.32. The fourth-order valence-electron chi connectivity index (χ4n) is 1.60. The second-order valence-corrected chi connectivity index (χ2v) is 7.08. The summed E-state index contributed by atoms with van der Waals surface area (Å²) < 4.78 is 29.9. The Hall–Kier alpha value is -1.31. The summed E-state index contributed by atoms with van der Waals surface area (Å²) in [5.41, 5.74) is 6.69. The highest BCUT2D eigenvalue weighted by Crippen LogP contribution is 2.22. The van der Waals surface area contributed by atoms with Crippen LogP contribution >= 0.6 is 11.6 Å². The van der Waals surface area contributed by atoms with E-state index in [0.717, 1.165) is 11.4 Å². The molecular formula is C12H17ClN2O4S. The summed E-state index contributed by atoms with van der Waals surface area (Å²) >= 11 is 5.99. The summed E-state index contributed by atoms with van der Waals surface area (Å²) in [5.74, 6) is -0.810. The van der Waals surface area contributed by atoms with Gasteiger partial charge in [-0.3, -0.25) is 4.79 Å². The molecule has 1 rings (SSSR count). The highest BCUT2D eigenvalue weighted by Gasteiger charge is 2.32. The summed E-state index contributed by atoms with van der Waals surface area (Å²) in [6.07, 6.45) is 0. The average Bonchev–Trinajstić information content (AvgIpc) is 2.40. The van der Waals surface area contributed by atoms with Crippen molar-refractivity contribution in [2.45, 2.75) is 18.7 Å². The fraction of sp³-hybridized carbons (Fsp3) is 0.417. The molecule has 0 heterocycles. The van der Waals surface area contributed by atoms with Gasteiger partial charge in [0.1, 0.15) is 0 Å². The normalized spacial score (nSPS) is 13.2. The predicted octanol–water partition coefficient (Wildman–Crippen LogP) is 1.25. The molecule has 0 radical (unpaired) electrons. The Balaban J connectivity index is 2.98. The van der Waals surface area contributed by atoms with Crippen molar-refractivity contribution in [1.29, 1.82) is 0 Å². The van der Waals surface area contributed by atoms with Crippen LogP contribution in [0.3, 0.4) is 0 Å². The summed E-state index contributed by atoms with van der Waals surface area (Å²) in [6, 6.07) is 4.81. The number of halogens is 1. The molecule has 0 bridgehead atoms. The molecule has 2 N–H and O–H groups in total. The Bertz CT molecular complexity index is 603. The summed E-state index contributed by atoms with van der Waals surface area (Å²) in [5, 5.41) is -0.871. The van der Waals surface area contributed by atoms with E-state index in [1.165, 1.54) is 14.0 Å². The lowest BCUT2D eigenvalue weighted by Gasteiger charge is -2.21. The molecule has 1 unspecified atom stereocenters. The first kappa shape index (κ1) is 16.7. The highest BCUT2D eigenvalue weighted by molar-refractivity contribution is 7.90. The third kappa shape index (κ3) is 3.62. The number of benzene rings is 1. The van der Waals surface area contributed by atoms with E-state index in [1.54, 1.807) is 18.2 Å². The van der Waals surface area contributed by atoms with Crippen molar-refractivity contribution in [2.24, 2.45) is 0 Å². The van der Waals surface area contributed by atoms with Gasteiger partial charge in [0.15, 0.2) is 5.25 Å². The zero-order valence-electron chi connectivity index (χ0n) is 11.5. The lowest BCUT2D eigenvalue weighted by Crippen LogP contribution is -2.39. The van der Waals surface area contributed by atoms with Crippen LogP contribution in [-0.4, -0.2) is 38.1 Å². The van der Waals surface area contributed by atoms with Gasteiger partial charge in [-0.05, 0) is 30.7 Å². The van der Waals surface area contributed by atoms with Crippen molar-refractivity contribution in [2.75, 3.05) is 19.9 Å². The van der Waals surface area contributed by atoms with Crippen molar-refractivity contribution in [1.82, 2.24) is 4.31 Å². The molecule has 1 atom stereocenters. The van der Waals surface area contributed by atoms with Crippen molar-refractivity contribution in [3.8, 4) is 0 Å². The molecule has 6 nitrogen and oxygen atoms in total. The van der Waals surface area contributed by atoms with Crippen LogP contribution in [0.1, 0.15) is 12.5 Å². The number of carbonyl (C=O) groups excluding carboxylic acids is 1. The van der Waals surface area contributed by atoms with E-state index in [1.807, 2.05) is 0 Å². The number of ether oxygens (including phenoxy) is 1. The first-order chi connectivity index (χ1) is 9.20. The van der Waals surface area contributed by atoms with E-state index in [2.05, 4.69) is 4.74 Å². The van der Waals surface area contributed by atoms with Crippen LogP contribution in [-0.2, 0) is 26.1 Å². The Kier molecular flexibility index (Phi) is 5.38. The molecule has 0 aliphatic rings. The molecular weight excluding hydrogens is 304 g/mol. The van der Waals surface area contributed by atoms with E-state index in [4.69, 9.17) is 17.3 Å². The third-order valence-electron chi connectivity index (χ3n) is 2.88. The summed E-state index contributed by atoms with van der Waals surface area (Å²) in [6.45, 7) is 1.30. The van der Waals surface area contributed by atoms with Crippen molar-refractivity contribution in [3.63, 3.8) is 0 Å². The minimum atomic E-state index is -3.82. The SMILES string of the molecule is COC(=O)C(C)S(=O)(=O)N(C)Cc1cc(N)ccc1Cl. The lowest BCUT2D eigenvalue weighted by molar-refractivity contribution is -0.139. The zero-order valence-corrected chi connectivity index (χ0v) is 13.0. The number of sulfonamides is 1. The van der Waals surface area contributed by atoms with Gasteiger partial charge in [0.05, 0.1) is 7.11 Å². The molecule has 0 fully saturated rings. The minimum absolute atomic E-state index is 0.0214. The molecule has 0 amide bonds. The summed E-state index contributed by atoms with van der Waals surface area (Å²) in [7, 11) is -1.31. The van der Waals surface area contributed by atoms with E-state index < -0.39 is 21.2 Å². The second kappa shape index (κ2) is 6.43. The van der Waals surface area contributed by atoms with Gasteiger partial charge in [0, 0.05) is 24.3 Å². The number of anilines is 1. The van der Waals surface area contributed by atoms with Gasteiger partial charge in [0.2, 0.25) is 10.0 Å². The maximum absolute atomic E-state index is 12.2. The lowest BCUT2D eigenvalue weighted by atomic mass is 10.2. The number of nitrogens with two attached hydrogens (primary N) is 1. The van der Waals surface area contributed by atoms with Gasteiger partial charge in [-0.2, -0.15) is 4.31 Å². The smallest absolute Gasteiger partial charge is 0.325 e. The van der Waals surface area contributed by atoms with Gasteiger partial charge >= 0.3 is 5.97 Å². The molecule has 0 aliphatic heterocycles. The predicted molar refractivity (Wildman–Crippen MR) is 77.7 cm³/mol. The number of hydrogen-bond acceptors (Lipinski definition) is 5. The molecule has 0 aromatic heterocycles. The van der Waals surface area contributed by atoms with Crippen molar-refractivity contribution >= 4 is 33.3 Å². The Morgan fingerprint density at radius 3 is 2.65 bits per heavy atom. The quantitative estimate of drug-likeness (QED) is 0.651. The topological polar surface area (TPSA) is 89.7 Å². The third-order valence-corrected chi connectivity index (χ3v) is 5.33. The Morgan fingerprint density at radius 1 is 1.50 bits per heavy atom. The van der Waals surface area contributed by atoms with E-state index in [-0.39, 0.29) is 6.54 Å². The fourth-order valence-corrected chi connectivity index (χ4v) is 2.98. The maximum atomic E-state index is 12.2. The Labute approximate surface area is 123 Å².